The Morgan fingerprint density at radius 3 is 2.38 bits per heavy atom. The van der Waals surface area contributed by atoms with E-state index >= 15 is 0 Å². The zero-order valence-electron chi connectivity index (χ0n) is 19.8. The van der Waals surface area contributed by atoms with Gasteiger partial charge in [-0.3, -0.25) is 9.59 Å². The van der Waals surface area contributed by atoms with Crippen LogP contribution in [0.3, 0.4) is 0 Å². The van der Waals surface area contributed by atoms with Crippen LogP contribution in [0, 0.1) is 19.8 Å². The third-order valence-corrected chi connectivity index (χ3v) is 5.48. The van der Waals surface area contributed by atoms with Gasteiger partial charge in [0.05, 0.1) is 24.3 Å². The number of halogens is 3. The van der Waals surface area contributed by atoms with Crippen molar-refractivity contribution in [3.63, 3.8) is 0 Å². The van der Waals surface area contributed by atoms with E-state index in [0.29, 0.717) is 13.1 Å². The van der Waals surface area contributed by atoms with Crippen molar-refractivity contribution in [1.29, 1.82) is 0 Å². The average molecular weight is 480 g/mol. The van der Waals surface area contributed by atoms with Crippen LogP contribution in [-0.2, 0) is 17.5 Å². The van der Waals surface area contributed by atoms with E-state index in [1.165, 1.54) is 6.07 Å². The summed E-state index contributed by atoms with van der Waals surface area (Å²) >= 11 is 0. The van der Waals surface area contributed by atoms with Gasteiger partial charge < -0.3 is 21.1 Å². The number of aliphatic hydroxyl groups excluding tert-OH is 1. The summed E-state index contributed by atoms with van der Waals surface area (Å²) in [5.74, 6) is -1.48. The molecule has 9 heteroatoms. The number of carbonyl (C=O) groups excluding carboxylic acids is 2. The lowest BCUT2D eigenvalue weighted by atomic mass is 9.99. The lowest BCUT2D eigenvalue weighted by Gasteiger charge is -2.27. The molecule has 0 spiro atoms. The fourth-order valence-corrected chi connectivity index (χ4v) is 3.49. The molecule has 2 atom stereocenters. The minimum Gasteiger partial charge on any atom is -0.391 e. The minimum atomic E-state index is -4.57. The standard InChI is InChI=1S/C25H32F3N3O3/c1-15(2)23(33)21(13-29-12-19-9-8-16(3)10-17(19)4)31-22(32)14-30-24(34)18-6-5-7-20(11-18)25(26,27)28/h5-11,15,21,23,29,33H,12-14H2,1-4H3,(H,30,34)(H,31,32). The van der Waals surface area contributed by atoms with Crippen molar-refractivity contribution < 1.29 is 27.9 Å². The number of nitrogens with one attached hydrogen (secondary N) is 3. The monoisotopic (exact) mass is 479 g/mol. The van der Waals surface area contributed by atoms with Gasteiger partial charge in [0.2, 0.25) is 5.91 Å². The third-order valence-electron chi connectivity index (χ3n) is 5.48. The number of alkyl halides is 3. The number of hydrogen-bond acceptors (Lipinski definition) is 4. The predicted molar refractivity (Wildman–Crippen MR) is 124 cm³/mol. The van der Waals surface area contributed by atoms with E-state index < -0.39 is 42.2 Å². The van der Waals surface area contributed by atoms with Crippen LogP contribution in [0.5, 0.6) is 0 Å². The largest absolute Gasteiger partial charge is 0.416 e. The highest BCUT2D eigenvalue weighted by molar-refractivity contribution is 5.96. The molecule has 0 radical (unpaired) electrons. The summed E-state index contributed by atoms with van der Waals surface area (Å²) in [6.45, 7) is 8.08. The van der Waals surface area contributed by atoms with Crippen molar-refractivity contribution in [2.75, 3.05) is 13.1 Å². The fourth-order valence-electron chi connectivity index (χ4n) is 3.49. The summed E-state index contributed by atoms with van der Waals surface area (Å²) in [6, 6.07) is 9.46. The summed E-state index contributed by atoms with van der Waals surface area (Å²) < 4.78 is 38.6. The SMILES string of the molecule is Cc1ccc(CNCC(NC(=O)CNC(=O)c2cccc(C(F)(F)F)c2)C(O)C(C)C)c(C)c1. The molecule has 0 bridgehead atoms. The van der Waals surface area contributed by atoms with E-state index in [4.69, 9.17) is 0 Å². The molecule has 2 unspecified atom stereocenters. The van der Waals surface area contributed by atoms with E-state index in [1.54, 1.807) is 0 Å². The van der Waals surface area contributed by atoms with Crippen LogP contribution in [0.15, 0.2) is 42.5 Å². The zero-order chi connectivity index (χ0) is 25.5. The third kappa shape index (κ3) is 8.14. The van der Waals surface area contributed by atoms with Crippen LogP contribution in [0.25, 0.3) is 0 Å². The highest BCUT2D eigenvalue weighted by Gasteiger charge is 2.31. The number of aliphatic hydroxyl groups is 1. The Hall–Kier alpha value is -2.91. The second-order valence-electron chi connectivity index (χ2n) is 8.73. The van der Waals surface area contributed by atoms with E-state index in [0.717, 1.165) is 34.9 Å². The average Bonchev–Trinajstić information content (AvgIpc) is 2.77. The van der Waals surface area contributed by atoms with Gasteiger partial charge in [0.25, 0.3) is 5.91 Å². The highest BCUT2D eigenvalue weighted by atomic mass is 19.4. The molecule has 0 aromatic heterocycles. The van der Waals surface area contributed by atoms with Crippen molar-refractivity contribution in [3.05, 3.63) is 70.3 Å². The topological polar surface area (TPSA) is 90.5 Å². The second kappa shape index (κ2) is 12.0. The van der Waals surface area contributed by atoms with Crippen LogP contribution < -0.4 is 16.0 Å². The van der Waals surface area contributed by atoms with Gasteiger partial charge in [-0.25, -0.2) is 0 Å². The first kappa shape index (κ1) is 27.3. The molecule has 0 saturated carbocycles. The van der Waals surface area contributed by atoms with Gasteiger partial charge in [0.15, 0.2) is 0 Å². The number of aryl methyl sites for hydroxylation is 2. The Labute approximate surface area is 197 Å². The number of benzene rings is 2. The molecule has 0 saturated heterocycles. The van der Waals surface area contributed by atoms with E-state index in [2.05, 4.69) is 22.0 Å². The molecule has 0 heterocycles. The van der Waals surface area contributed by atoms with Crippen molar-refractivity contribution in [1.82, 2.24) is 16.0 Å². The first-order chi connectivity index (χ1) is 15.9. The molecule has 2 amide bonds. The summed E-state index contributed by atoms with van der Waals surface area (Å²) in [4.78, 5) is 24.6. The molecular weight excluding hydrogens is 447 g/mol. The molecule has 6 nitrogen and oxygen atoms in total. The van der Waals surface area contributed by atoms with Gasteiger partial charge in [0.1, 0.15) is 0 Å². The molecule has 0 fully saturated rings. The van der Waals surface area contributed by atoms with Crippen molar-refractivity contribution in [2.45, 2.75) is 52.6 Å². The Morgan fingerprint density at radius 2 is 1.76 bits per heavy atom. The number of amides is 2. The Balaban J connectivity index is 1.94. The first-order valence-corrected chi connectivity index (χ1v) is 11.1. The molecule has 0 aliphatic carbocycles. The lowest BCUT2D eigenvalue weighted by molar-refractivity contribution is -0.137. The molecule has 34 heavy (non-hydrogen) atoms. The molecule has 4 N–H and O–H groups in total. The number of rotatable bonds is 10. The molecule has 0 aliphatic rings. The maximum Gasteiger partial charge on any atom is 0.416 e. The molecule has 2 rings (SSSR count). The molecule has 2 aromatic rings. The Bertz CT molecular complexity index is 993. The van der Waals surface area contributed by atoms with Crippen LogP contribution in [0.1, 0.15) is 46.5 Å². The number of carbonyl (C=O) groups is 2. The summed E-state index contributed by atoms with van der Waals surface area (Å²) in [7, 11) is 0. The van der Waals surface area contributed by atoms with E-state index in [1.807, 2.05) is 39.8 Å². The van der Waals surface area contributed by atoms with Crippen molar-refractivity contribution in [2.24, 2.45) is 5.92 Å². The lowest BCUT2D eigenvalue weighted by Crippen LogP contribution is -2.53. The zero-order valence-corrected chi connectivity index (χ0v) is 19.8. The maximum absolute atomic E-state index is 12.9. The summed E-state index contributed by atoms with van der Waals surface area (Å²) in [5, 5.41) is 18.8. The van der Waals surface area contributed by atoms with Crippen LogP contribution in [0.2, 0.25) is 0 Å². The van der Waals surface area contributed by atoms with Gasteiger partial charge in [-0.2, -0.15) is 13.2 Å². The molecular formula is C25H32F3N3O3. The fraction of sp³-hybridized carbons (Fsp3) is 0.440. The second-order valence-corrected chi connectivity index (χ2v) is 8.73. The van der Waals surface area contributed by atoms with Gasteiger partial charge in [-0.05, 0) is 49.1 Å². The van der Waals surface area contributed by atoms with Crippen LogP contribution >= 0.6 is 0 Å². The number of hydrogen-bond donors (Lipinski definition) is 4. The highest BCUT2D eigenvalue weighted by Crippen LogP contribution is 2.29. The smallest absolute Gasteiger partial charge is 0.391 e. The Morgan fingerprint density at radius 1 is 1.06 bits per heavy atom. The van der Waals surface area contributed by atoms with Gasteiger partial charge >= 0.3 is 6.18 Å². The summed E-state index contributed by atoms with van der Waals surface area (Å²) in [6.07, 6.45) is -5.41. The van der Waals surface area contributed by atoms with Gasteiger partial charge in [-0.15, -0.1) is 0 Å². The van der Waals surface area contributed by atoms with Crippen LogP contribution in [-0.4, -0.2) is 42.2 Å². The van der Waals surface area contributed by atoms with Crippen molar-refractivity contribution >= 4 is 11.8 Å². The molecule has 186 valence electrons. The maximum atomic E-state index is 12.9. The molecule has 0 aliphatic heterocycles. The van der Waals surface area contributed by atoms with E-state index in [-0.39, 0.29) is 11.5 Å². The predicted octanol–water partition coefficient (Wildman–Crippen LogP) is 3.34. The van der Waals surface area contributed by atoms with Crippen molar-refractivity contribution in [3.8, 4) is 0 Å². The van der Waals surface area contributed by atoms with Crippen LogP contribution in [0.4, 0.5) is 13.2 Å². The van der Waals surface area contributed by atoms with E-state index in [9.17, 15) is 27.9 Å². The van der Waals surface area contributed by atoms with Gasteiger partial charge in [-0.1, -0.05) is 43.7 Å². The molecule has 2 aromatic carbocycles. The summed E-state index contributed by atoms with van der Waals surface area (Å²) in [5.41, 5.74) is 2.25. The quantitative estimate of drug-likeness (QED) is 0.421. The van der Waals surface area contributed by atoms with Gasteiger partial charge in [0, 0.05) is 18.7 Å². The first-order valence-electron chi connectivity index (χ1n) is 11.1. The normalized spacial score (nSPS) is 13.4. The Kier molecular flexibility index (Phi) is 9.64. The minimum absolute atomic E-state index is 0.132.